The van der Waals surface area contributed by atoms with E-state index in [1.54, 1.807) is 6.08 Å². The van der Waals surface area contributed by atoms with Crippen molar-refractivity contribution in [1.29, 1.82) is 0 Å². The van der Waals surface area contributed by atoms with Crippen molar-refractivity contribution >= 4 is 17.9 Å². The SMILES string of the molecule is CC/C=C\C/C=C\C/C=C\C/C=C\C/C=C\CC(=O)OCC(COC(=O)CCCCCCCCCCCCCCCC/C=C\C/C=C\C/C=C\C/C=C\CC)OC(=O)CCCCCC/C=C\C/C=C\C/C=C\C/C=C\CC. The van der Waals surface area contributed by atoms with Gasteiger partial charge in [0.15, 0.2) is 6.10 Å². The van der Waals surface area contributed by atoms with Crippen LogP contribution in [0.3, 0.4) is 0 Å². The van der Waals surface area contributed by atoms with E-state index in [0.717, 1.165) is 135 Å². The van der Waals surface area contributed by atoms with Gasteiger partial charge in [0.05, 0.1) is 6.42 Å². The van der Waals surface area contributed by atoms with Gasteiger partial charge in [0, 0.05) is 12.8 Å². The van der Waals surface area contributed by atoms with Crippen molar-refractivity contribution in [3.8, 4) is 0 Å². The molecule has 0 saturated carbocycles. The summed E-state index contributed by atoms with van der Waals surface area (Å²) in [4.78, 5) is 38.2. The fraction of sp³-hybridized carbons (Fsp3) is 0.592. The first-order chi connectivity index (χ1) is 38.0. The number of ether oxygens (including phenoxy) is 3. The maximum atomic E-state index is 12.9. The van der Waals surface area contributed by atoms with E-state index in [2.05, 4.69) is 167 Å². The molecule has 0 saturated heterocycles. The zero-order chi connectivity index (χ0) is 55.7. The highest BCUT2D eigenvalue weighted by Gasteiger charge is 2.19. The summed E-state index contributed by atoms with van der Waals surface area (Å²) < 4.78 is 16.8. The largest absolute Gasteiger partial charge is 0.462 e. The smallest absolute Gasteiger partial charge is 0.309 e. The monoisotopic (exact) mass is 1060 g/mol. The molecule has 0 N–H and O–H groups in total. The molecular formula is C71H112O6. The average molecular weight is 1060 g/mol. The first-order valence-corrected chi connectivity index (χ1v) is 31.0. The second kappa shape index (κ2) is 63.6. The van der Waals surface area contributed by atoms with Gasteiger partial charge < -0.3 is 14.2 Å². The lowest BCUT2D eigenvalue weighted by atomic mass is 10.0. The summed E-state index contributed by atoms with van der Waals surface area (Å²) in [5, 5.41) is 0. The Balaban J connectivity index is 4.42. The molecule has 0 spiro atoms. The van der Waals surface area contributed by atoms with Gasteiger partial charge >= 0.3 is 17.9 Å². The number of allylic oxidation sites excluding steroid dienone is 25. The maximum absolute atomic E-state index is 12.9. The van der Waals surface area contributed by atoms with E-state index >= 15 is 0 Å². The average Bonchev–Trinajstić information content (AvgIpc) is 3.43. The molecule has 0 aliphatic rings. The first kappa shape index (κ1) is 72.0. The van der Waals surface area contributed by atoms with Crippen molar-refractivity contribution in [2.24, 2.45) is 0 Å². The fourth-order valence-electron chi connectivity index (χ4n) is 8.03. The predicted molar refractivity (Wildman–Crippen MR) is 334 cm³/mol. The Morgan fingerprint density at radius 2 is 0.519 bits per heavy atom. The lowest BCUT2D eigenvalue weighted by molar-refractivity contribution is -0.166. The summed E-state index contributed by atoms with van der Waals surface area (Å²) in [6, 6.07) is 0. The van der Waals surface area contributed by atoms with Gasteiger partial charge in [-0.15, -0.1) is 0 Å². The quantitative estimate of drug-likeness (QED) is 0.0261. The summed E-state index contributed by atoms with van der Waals surface area (Å²) in [6.45, 7) is 6.19. The maximum Gasteiger partial charge on any atom is 0.309 e. The minimum Gasteiger partial charge on any atom is -0.462 e. The van der Waals surface area contributed by atoms with E-state index in [4.69, 9.17) is 14.2 Å². The molecule has 6 heteroatoms. The van der Waals surface area contributed by atoms with Crippen molar-refractivity contribution in [2.45, 2.75) is 258 Å². The molecular weight excluding hydrogens is 949 g/mol. The van der Waals surface area contributed by atoms with Crippen LogP contribution in [0.5, 0.6) is 0 Å². The third-order valence-corrected chi connectivity index (χ3v) is 12.5. The highest BCUT2D eigenvalue weighted by molar-refractivity contribution is 5.72. The number of carbonyl (C=O) groups is 3. The Morgan fingerprint density at radius 3 is 0.844 bits per heavy atom. The van der Waals surface area contributed by atoms with Gasteiger partial charge in [0.25, 0.3) is 0 Å². The lowest BCUT2D eigenvalue weighted by Gasteiger charge is -2.18. The van der Waals surface area contributed by atoms with Crippen LogP contribution in [0.2, 0.25) is 0 Å². The molecule has 0 aromatic carbocycles. The topological polar surface area (TPSA) is 78.9 Å². The van der Waals surface area contributed by atoms with Crippen LogP contribution in [0.15, 0.2) is 158 Å². The molecule has 0 rings (SSSR count). The fourth-order valence-corrected chi connectivity index (χ4v) is 8.03. The van der Waals surface area contributed by atoms with E-state index in [1.165, 1.54) is 77.0 Å². The minimum absolute atomic E-state index is 0.115. The molecule has 0 aliphatic heterocycles. The van der Waals surface area contributed by atoms with Gasteiger partial charge in [-0.05, 0) is 122 Å². The zero-order valence-electron chi connectivity index (χ0n) is 49.4. The first-order valence-electron chi connectivity index (χ1n) is 31.0. The Labute approximate surface area is 473 Å². The minimum atomic E-state index is -0.839. The van der Waals surface area contributed by atoms with Gasteiger partial charge in [0.2, 0.25) is 0 Å². The molecule has 1 atom stereocenters. The third kappa shape index (κ3) is 61.8. The molecule has 0 aromatic rings. The van der Waals surface area contributed by atoms with Gasteiger partial charge in [-0.1, -0.05) is 269 Å². The molecule has 1 unspecified atom stereocenters. The lowest BCUT2D eigenvalue weighted by Crippen LogP contribution is -2.30. The van der Waals surface area contributed by atoms with Gasteiger partial charge in [0.1, 0.15) is 13.2 Å². The predicted octanol–water partition coefficient (Wildman–Crippen LogP) is 21.3. The number of unbranched alkanes of at least 4 members (excludes halogenated alkanes) is 18. The summed E-state index contributed by atoms with van der Waals surface area (Å²) in [6.07, 6.45) is 92.8. The van der Waals surface area contributed by atoms with Crippen LogP contribution in [-0.4, -0.2) is 37.2 Å². The standard InChI is InChI=1S/C71H112O6/c1-4-7-10-13-16-19-22-25-28-30-31-32-33-34-35-36-37-38-39-41-43-46-49-52-55-58-61-64-70(73)76-67-68(66-75-69(72)63-60-57-54-51-48-45-42-27-24-21-18-15-12-9-6-3)77-71(74)65-62-59-56-53-50-47-44-40-29-26-23-20-17-14-11-8-5-2/h7-12,16-21,25-29,31-32,42,44,47-48,51,57,60,68H,4-6,13-15,22-24,30,33-41,43,45-46,49-50,52-56,58-59,61-67H2,1-3H3/b10-7-,11-8-,12-9-,19-16-,20-17-,21-18-,28-25-,29-26-,32-31-,42-27-,47-44-,51-48-,60-57-. The number of carbonyl (C=O) groups excluding carboxylic acids is 3. The van der Waals surface area contributed by atoms with Crippen LogP contribution in [0.4, 0.5) is 0 Å². The number of hydrogen-bond acceptors (Lipinski definition) is 6. The van der Waals surface area contributed by atoms with Crippen LogP contribution < -0.4 is 0 Å². The van der Waals surface area contributed by atoms with E-state index in [-0.39, 0.29) is 38.0 Å². The van der Waals surface area contributed by atoms with Crippen molar-refractivity contribution in [2.75, 3.05) is 13.2 Å². The van der Waals surface area contributed by atoms with E-state index < -0.39 is 12.1 Å². The van der Waals surface area contributed by atoms with E-state index in [0.29, 0.717) is 6.42 Å². The molecule has 0 radical (unpaired) electrons. The third-order valence-electron chi connectivity index (χ3n) is 12.5. The molecule has 6 nitrogen and oxygen atoms in total. The van der Waals surface area contributed by atoms with E-state index in [1.807, 2.05) is 6.08 Å². The highest BCUT2D eigenvalue weighted by atomic mass is 16.6. The Kier molecular flexibility index (Phi) is 59.5. The molecule has 0 aliphatic carbocycles. The van der Waals surface area contributed by atoms with Crippen molar-refractivity contribution in [3.63, 3.8) is 0 Å². The molecule has 77 heavy (non-hydrogen) atoms. The van der Waals surface area contributed by atoms with Crippen molar-refractivity contribution in [3.05, 3.63) is 158 Å². The van der Waals surface area contributed by atoms with Crippen LogP contribution in [0, 0.1) is 0 Å². The van der Waals surface area contributed by atoms with Gasteiger partial charge in [-0.2, -0.15) is 0 Å². The van der Waals surface area contributed by atoms with Crippen molar-refractivity contribution in [1.82, 2.24) is 0 Å². The van der Waals surface area contributed by atoms with Gasteiger partial charge in [-0.3, -0.25) is 14.4 Å². The molecule has 0 heterocycles. The van der Waals surface area contributed by atoms with Crippen molar-refractivity contribution < 1.29 is 28.6 Å². The summed E-state index contributed by atoms with van der Waals surface area (Å²) in [5.74, 6) is -1.09. The van der Waals surface area contributed by atoms with E-state index in [9.17, 15) is 14.4 Å². The second-order valence-corrected chi connectivity index (χ2v) is 19.8. The Hall–Kier alpha value is -4.97. The molecule has 0 amide bonds. The Bertz CT molecular complexity index is 1740. The zero-order valence-corrected chi connectivity index (χ0v) is 49.4. The number of hydrogen-bond donors (Lipinski definition) is 0. The molecule has 432 valence electrons. The van der Waals surface area contributed by atoms with Crippen LogP contribution in [0.25, 0.3) is 0 Å². The second-order valence-electron chi connectivity index (χ2n) is 19.8. The summed E-state index contributed by atoms with van der Waals surface area (Å²) >= 11 is 0. The van der Waals surface area contributed by atoms with Crippen LogP contribution >= 0.6 is 0 Å². The van der Waals surface area contributed by atoms with Crippen LogP contribution in [0.1, 0.15) is 252 Å². The summed E-state index contributed by atoms with van der Waals surface area (Å²) in [5.41, 5.74) is 0. The Morgan fingerprint density at radius 1 is 0.273 bits per heavy atom. The van der Waals surface area contributed by atoms with Gasteiger partial charge in [-0.25, -0.2) is 0 Å². The molecule has 0 fully saturated rings. The highest BCUT2D eigenvalue weighted by Crippen LogP contribution is 2.15. The van der Waals surface area contributed by atoms with Crippen LogP contribution in [-0.2, 0) is 28.6 Å². The molecule has 0 aromatic heterocycles. The number of esters is 3. The number of rotatable bonds is 54. The molecule has 0 bridgehead atoms. The normalized spacial score (nSPS) is 13.2. The summed E-state index contributed by atoms with van der Waals surface area (Å²) in [7, 11) is 0.